The van der Waals surface area contributed by atoms with Gasteiger partial charge in [0.25, 0.3) is 5.91 Å². The van der Waals surface area contributed by atoms with E-state index in [0.717, 1.165) is 42.1 Å². The molecule has 0 aliphatic heterocycles. The van der Waals surface area contributed by atoms with Crippen LogP contribution in [-0.4, -0.2) is 44.9 Å². The minimum atomic E-state index is -0.148. The minimum absolute atomic E-state index is 0.00330. The topological polar surface area (TPSA) is 88.9 Å². The standard InChI is InChI=1S/C19H25N5O2S/c1-3-4-16-18(19(26)21-14-5-6-14)22-23-24(16)15-9-7-13(8-10-15)20-17(25)11-12-27-2/h7-10,14H,3-6,11-12H2,1-2H3,(H,20,25)(H,21,26). The zero-order valence-electron chi connectivity index (χ0n) is 15.7. The van der Waals surface area contributed by atoms with E-state index in [1.165, 1.54) is 0 Å². The van der Waals surface area contributed by atoms with Gasteiger partial charge in [0.2, 0.25) is 5.91 Å². The van der Waals surface area contributed by atoms with Gasteiger partial charge in [-0.05, 0) is 49.8 Å². The molecule has 2 amide bonds. The summed E-state index contributed by atoms with van der Waals surface area (Å²) in [6, 6.07) is 7.72. The smallest absolute Gasteiger partial charge is 0.273 e. The summed E-state index contributed by atoms with van der Waals surface area (Å²) in [5, 5.41) is 14.2. The van der Waals surface area contributed by atoms with Crippen molar-refractivity contribution in [2.75, 3.05) is 17.3 Å². The number of thioether (sulfide) groups is 1. The van der Waals surface area contributed by atoms with Crippen molar-refractivity contribution in [1.29, 1.82) is 0 Å². The van der Waals surface area contributed by atoms with Crippen LogP contribution in [0.2, 0.25) is 0 Å². The SMILES string of the molecule is CCCc1c(C(=O)NC2CC2)nnn1-c1ccc(NC(=O)CCSC)cc1. The number of anilines is 1. The quantitative estimate of drug-likeness (QED) is 0.691. The van der Waals surface area contributed by atoms with E-state index in [2.05, 4.69) is 27.9 Å². The first-order chi connectivity index (χ1) is 13.1. The fraction of sp³-hybridized carbons (Fsp3) is 0.474. The lowest BCUT2D eigenvalue weighted by atomic mass is 10.2. The number of carbonyl (C=O) groups is 2. The number of hydrogen-bond donors (Lipinski definition) is 2. The molecular weight excluding hydrogens is 362 g/mol. The van der Waals surface area contributed by atoms with Gasteiger partial charge in [-0.25, -0.2) is 4.68 Å². The number of aromatic nitrogens is 3. The third-order valence-electron chi connectivity index (χ3n) is 4.31. The van der Waals surface area contributed by atoms with Crippen molar-refractivity contribution in [2.24, 2.45) is 0 Å². The second-order valence-corrected chi connectivity index (χ2v) is 7.62. The van der Waals surface area contributed by atoms with Crippen LogP contribution < -0.4 is 10.6 Å². The largest absolute Gasteiger partial charge is 0.348 e. The fourth-order valence-corrected chi connectivity index (χ4v) is 3.12. The fourth-order valence-electron chi connectivity index (χ4n) is 2.73. The van der Waals surface area contributed by atoms with Crippen LogP contribution >= 0.6 is 11.8 Å². The Kier molecular flexibility index (Phi) is 6.49. The van der Waals surface area contributed by atoms with Gasteiger partial charge in [-0.2, -0.15) is 11.8 Å². The van der Waals surface area contributed by atoms with E-state index in [9.17, 15) is 9.59 Å². The van der Waals surface area contributed by atoms with Crippen molar-refractivity contribution in [3.05, 3.63) is 35.7 Å². The number of hydrogen-bond acceptors (Lipinski definition) is 5. The molecule has 8 heteroatoms. The second kappa shape index (κ2) is 9.03. The molecule has 1 saturated carbocycles. The minimum Gasteiger partial charge on any atom is -0.348 e. The van der Waals surface area contributed by atoms with E-state index >= 15 is 0 Å². The average molecular weight is 388 g/mol. The van der Waals surface area contributed by atoms with Crippen LogP contribution in [0, 0.1) is 0 Å². The number of nitrogens with one attached hydrogen (secondary N) is 2. The van der Waals surface area contributed by atoms with Gasteiger partial charge in [-0.3, -0.25) is 9.59 Å². The van der Waals surface area contributed by atoms with Crippen LogP contribution in [0.4, 0.5) is 5.69 Å². The lowest BCUT2D eigenvalue weighted by Gasteiger charge is -2.09. The summed E-state index contributed by atoms with van der Waals surface area (Å²) in [4.78, 5) is 24.3. The number of amides is 2. The highest BCUT2D eigenvalue weighted by Gasteiger charge is 2.27. The van der Waals surface area contributed by atoms with Crippen LogP contribution in [0.15, 0.2) is 24.3 Å². The highest BCUT2D eigenvalue weighted by molar-refractivity contribution is 7.98. The molecule has 3 rings (SSSR count). The highest BCUT2D eigenvalue weighted by Crippen LogP contribution is 2.21. The summed E-state index contributed by atoms with van der Waals surface area (Å²) < 4.78 is 1.71. The van der Waals surface area contributed by atoms with E-state index in [1.54, 1.807) is 16.4 Å². The first-order valence-corrected chi connectivity index (χ1v) is 10.7. The predicted octanol–water partition coefficient (Wildman–Crippen LogP) is 2.80. The first-order valence-electron chi connectivity index (χ1n) is 9.27. The van der Waals surface area contributed by atoms with Gasteiger partial charge < -0.3 is 10.6 Å². The van der Waals surface area contributed by atoms with Gasteiger partial charge in [0.05, 0.1) is 11.4 Å². The molecule has 0 saturated heterocycles. The van der Waals surface area contributed by atoms with E-state index < -0.39 is 0 Å². The van der Waals surface area contributed by atoms with Crippen molar-refractivity contribution in [3.8, 4) is 5.69 Å². The molecule has 1 aromatic heterocycles. The Balaban J connectivity index is 1.75. The molecule has 0 spiro atoms. The molecule has 1 aliphatic rings. The van der Waals surface area contributed by atoms with E-state index in [-0.39, 0.29) is 17.9 Å². The zero-order chi connectivity index (χ0) is 19.2. The summed E-state index contributed by atoms with van der Waals surface area (Å²) >= 11 is 1.65. The van der Waals surface area contributed by atoms with Crippen LogP contribution in [0.1, 0.15) is 48.8 Å². The van der Waals surface area contributed by atoms with Crippen molar-refractivity contribution in [3.63, 3.8) is 0 Å². The number of benzene rings is 1. The number of carbonyl (C=O) groups excluding carboxylic acids is 2. The summed E-state index contributed by atoms with van der Waals surface area (Å²) in [6.07, 6.45) is 6.15. The molecule has 1 fully saturated rings. The zero-order valence-corrected chi connectivity index (χ0v) is 16.5. The van der Waals surface area contributed by atoms with Gasteiger partial charge in [0, 0.05) is 23.9 Å². The lowest BCUT2D eigenvalue weighted by Crippen LogP contribution is -2.27. The molecule has 2 N–H and O–H groups in total. The molecule has 1 aromatic carbocycles. The Bertz CT molecular complexity index is 799. The maximum atomic E-state index is 12.4. The molecule has 0 radical (unpaired) electrons. The van der Waals surface area contributed by atoms with E-state index in [4.69, 9.17) is 0 Å². The van der Waals surface area contributed by atoms with E-state index in [1.807, 2.05) is 30.5 Å². The molecule has 144 valence electrons. The van der Waals surface area contributed by atoms with Crippen molar-refractivity contribution >= 4 is 29.3 Å². The Morgan fingerprint density at radius 2 is 2.00 bits per heavy atom. The van der Waals surface area contributed by atoms with Gasteiger partial charge >= 0.3 is 0 Å². The monoisotopic (exact) mass is 387 g/mol. The Morgan fingerprint density at radius 3 is 2.63 bits per heavy atom. The summed E-state index contributed by atoms with van der Waals surface area (Å²) in [5.41, 5.74) is 2.78. The Labute approximate surface area is 163 Å². The van der Waals surface area contributed by atoms with Crippen molar-refractivity contribution < 1.29 is 9.59 Å². The predicted molar refractivity (Wildman–Crippen MR) is 107 cm³/mol. The van der Waals surface area contributed by atoms with Crippen molar-refractivity contribution in [1.82, 2.24) is 20.3 Å². The van der Waals surface area contributed by atoms with Crippen LogP contribution in [0.3, 0.4) is 0 Å². The summed E-state index contributed by atoms with van der Waals surface area (Å²) in [7, 11) is 0. The molecule has 0 atom stereocenters. The van der Waals surface area contributed by atoms with Crippen LogP contribution in [0.25, 0.3) is 5.69 Å². The summed E-state index contributed by atoms with van der Waals surface area (Å²) in [5.74, 6) is 0.656. The normalized spacial score (nSPS) is 13.4. The van der Waals surface area contributed by atoms with Gasteiger partial charge in [-0.15, -0.1) is 5.10 Å². The van der Waals surface area contributed by atoms with Crippen LogP contribution in [0.5, 0.6) is 0 Å². The highest BCUT2D eigenvalue weighted by atomic mass is 32.2. The lowest BCUT2D eigenvalue weighted by molar-refractivity contribution is -0.115. The molecule has 0 unspecified atom stereocenters. The third-order valence-corrected chi connectivity index (χ3v) is 4.92. The van der Waals surface area contributed by atoms with E-state index in [0.29, 0.717) is 18.5 Å². The number of rotatable bonds is 9. The van der Waals surface area contributed by atoms with Gasteiger partial charge in [0.15, 0.2) is 5.69 Å². The maximum absolute atomic E-state index is 12.4. The summed E-state index contributed by atoms with van der Waals surface area (Å²) in [6.45, 7) is 2.06. The van der Waals surface area contributed by atoms with Crippen LogP contribution in [-0.2, 0) is 11.2 Å². The number of nitrogens with zero attached hydrogens (tertiary/aromatic N) is 3. The molecule has 1 aliphatic carbocycles. The molecule has 1 heterocycles. The molecular formula is C19H25N5O2S. The average Bonchev–Trinajstić information content (AvgIpc) is 3.38. The van der Waals surface area contributed by atoms with Crippen molar-refractivity contribution in [2.45, 2.75) is 45.1 Å². The van der Waals surface area contributed by atoms with Gasteiger partial charge in [0.1, 0.15) is 0 Å². The Hall–Kier alpha value is -2.35. The molecule has 2 aromatic rings. The molecule has 27 heavy (non-hydrogen) atoms. The van der Waals surface area contributed by atoms with Gasteiger partial charge in [-0.1, -0.05) is 18.6 Å². The Morgan fingerprint density at radius 1 is 1.26 bits per heavy atom. The molecule has 7 nitrogen and oxygen atoms in total. The molecule has 0 bridgehead atoms. The maximum Gasteiger partial charge on any atom is 0.273 e. The third kappa shape index (κ3) is 5.09. The first kappa shape index (κ1) is 19.4. The second-order valence-electron chi connectivity index (χ2n) is 6.63.